The summed E-state index contributed by atoms with van der Waals surface area (Å²) in [7, 11) is 11.1. The van der Waals surface area contributed by atoms with Crippen molar-refractivity contribution in [3.63, 3.8) is 0 Å². The molecule has 0 aliphatic rings. The van der Waals surface area contributed by atoms with E-state index in [1.54, 1.807) is 0 Å². The average molecular weight is 765 g/mol. The van der Waals surface area contributed by atoms with Crippen molar-refractivity contribution in [2.75, 3.05) is 0 Å². The van der Waals surface area contributed by atoms with Gasteiger partial charge in [-0.25, -0.2) is 4.99 Å². The maximum absolute atomic E-state index is 6.88. The van der Waals surface area contributed by atoms with Crippen LogP contribution in [0.3, 0.4) is 0 Å². The van der Waals surface area contributed by atoms with E-state index in [1.807, 2.05) is 48.5 Å². The van der Waals surface area contributed by atoms with Gasteiger partial charge < -0.3 is 10.2 Å². The number of furan rings is 1. The Morgan fingerprint density at radius 3 is 1.68 bits per heavy atom. The molecule has 0 bridgehead atoms. The first-order valence-corrected chi connectivity index (χ1v) is 20.6. The molecule has 10 rings (SSSR count). The number of benzene rings is 9. The van der Waals surface area contributed by atoms with Crippen molar-refractivity contribution in [3.8, 4) is 22.3 Å². The number of aliphatic imine (C=N–C) groups is 2. The number of rotatable bonds is 6. The van der Waals surface area contributed by atoms with Crippen LogP contribution in [0.5, 0.6) is 0 Å². The molecule has 60 heavy (non-hydrogen) atoms. The third-order valence-electron chi connectivity index (χ3n) is 12.8. The highest BCUT2D eigenvalue weighted by atomic mass is 16.3. The van der Waals surface area contributed by atoms with Gasteiger partial charge in [-0.2, -0.15) is 0 Å². The molecule has 0 atom stereocenters. The number of hydrogen-bond acceptors (Lipinski definition) is 2. The van der Waals surface area contributed by atoms with Crippen molar-refractivity contribution in [1.82, 2.24) is 0 Å². The predicted octanol–water partition coefficient (Wildman–Crippen LogP) is 4.02. The van der Waals surface area contributed by atoms with Gasteiger partial charge in [-0.3, -0.25) is 4.99 Å². The summed E-state index contributed by atoms with van der Waals surface area (Å²) in [6, 6.07) is 55.5. The van der Waals surface area contributed by atoms with Gasteiger partial charge in [0.15, 0.2) is 5.84 Å². The van der Waals surface area contributed by atoms with E-state index in [2.05, 4.69) is 148 Å². The maximum Gasteiger partial charge on any atom is 0.157 e. The largest absolute Gasteiger partial charge is 0.456 e. The smallest absolute Gasteiger partial charge is 0.157 e. The second kappa shape index (κ2) is 15.0. The minimum absolute atomic E-state index is 0.395. The Hall–Kier alpha value is -6.98. The van der Waals surface area contributed by atoms with Crippen LogP contribution in [0.1, 0.15) is 16.7 Å². The average Bonchev–Trinajstić information content (AvgIpc) is 3.68. The van der Waals surface area contributed by atoms with Crippen molar-refractivity contribution < 1.29 is 4.42 Å². The molecule has 4 nitrogen and oxygen atoms in total. The molecule has 0 radical (unpaired) electrons. The Morgan fingerprint density at radius 1 is 0.450 bits per heavy atom. The van der Waals surface area contributed by atoms with Gasteiger partial charge in [0.05, 0.1) is 6.54 Å². The van der Waals surface area contributed by atoms with E-state index in [0.29, 0.717) is 18.2 Å². The summed E-state index contributed by atoms with van der Waals surface area (Å²) in [6.45, 7) is 0.395. The molecule has 9 aromatic carbocycles. The molecule has 0 fully saturated rings. The third-order valence-corrected chi connectivity index (χ3v) is 12.8. The van der Waals surface area contributed by atoms with Crippen LogP contribution in [0.25, 0.3) is 76.5 Å². The molecule has 0 amide bonds. The molecule has 0 saturated heterocycles. The third kappa shape index (κ3) is 6.33. The van der Waals surface area contributed by atoms with E-state index in [9.17, 15) is 0 Å². The SMILES string of the molecule is Bc1c(B)c(B)c(-c2cccc(/C(N)=N/C(=N\Cc3cccc4oc5ccc(-c6ccc7c8ccccc8c8ccccc8c7c6)cc5c34)c3ccccc3)c2)c(B)c1B. The molecule has 1 heterocycles. The lowest BCUT2D eigenvalue weighted by Gasteiger charge is -2.20. The van der Waals surface area contributed by atoms with Crippen LogP contribution in [-0.2, 0) is 6.54 Å². The van der Waals surface area contributed by atoms with Crippen molar-refractivity contribution in [2.45, 2.75) is 6.54 Å². The van der Waals surface area contributed by atoms with E-state index < -0.39 is 0 Å². The Morgan fingerprint density at radius 2 is 1.00 bits per heavy atom. The van der Waals surface area contributed by atoms with Gasteiger partial charge in [0, 0.05) is 21.9 Å². The van der Waals surface area contributed by atoms with Crippen LogP contribution in [-0.4, -0.2) is 50.9 Å². The van der Waals surface area contributed by atoms with E-state index in [4.69, 9.17) is 20.1 Å². The summed E-state index contributed by atoms with van der Waals surface area (Å²) in [5, 5.41) is 9.70. The highest BCUT2D eigenvalue weighted by molar-refractivity contribution is 6.68. The fraction of sp³-hybridized carbons (Fsp3) is 0.0196. The quantitative estimate of drug-likeness (QED) is 0.121. The van der Waals surface area contributed by atoms with Crippen LogP contribution in [0.15, 0.2) is 172 Å². The van der Waals surface area contributed by atoms with Gasteiger partial charge in [0.1, 0.15) is 56.2 Å². The molecule has 0 saturated carbocycles. The molecule has 1 aromatic heterocycles. The minimum atomic E-state index is 0.395. The summed E-state index contributed by atoms with van der Waals surface area (Å²) in [5.74, 6) is 0.998. The van der Waals surface area contributed by atoms with Crippen molar-refractivity contribution in [2.24, 2.45) is 15.7 Å². The molecule has 0 aliphatic heterocycles. The van der Waals surface area contributed by atoms with Crippen LogP contribution in [0.2, 0.25) is 0 Å². The summed E-state index contributed by atoms with van der Waals surface area (Å²) in [4.78, 5) is 10.2. The Kier molecular flexibility index (Phi) is 9.33. The fourth-order valence-electron chi connectivity index (χ4n) is 9.18. The molecular weight excluding hydrogens is 725 g/mol. The zero-order valence-electron chi connectivity index (χ0n) is 34.6. The van der Waals surface area contributed by atoms with E-state index >= 15 is 0 Å². The van der Waals surface area contributed by atoms with E-state index in [0.717, 1.165) is 55.3 Å². The standard InChI is InChI=1S/C51H40B5N3O/c52-45-44(46(53)48(55)49(56)47(45)54)31-12-8-13-32(24-31)50(57)59-51(28-10-2-1-3-11-28)58-27-33-14-9-19-42-43(33)40-26-30(21-23-41(40)60-42)29-20-22-38-36-17-5-4-15-34(36)35-16-6-7-18-37(35)39(38)25-29/h1-26H,27,52-56H2,(H2,57,58,59). The monoisotopic (exact) mass is 765 g/mol. The Labute approximate surface area is 354 Å². The van der Waals surface area contributed by atoms with Crippen LogP contribution in [0, 0.1) is 0 Å². The zero-order chi connectivity index (χ0) is 41.1. The minimum Gasteiger partial charge on any atom is -0.456 e. The second-order valence-corrected chi connectivity index (χ2v) is 16.0. The van der Waals surface area contributed by atoms with Gasteiger partial charge in [-0.05, 0) is 90.5 Å². The summed E-state index contributed by atoms with van der Waals surface area (Å²) < 4.78 is 6.46. The zero-order valence-corrected chi connectivity index (χ0v) is 34.6. The molecule has 0 unspecified atom stereocenters. The molecule has 2 N–H and O–H groups in total. The summed E-state index contributed by atoms with van der Waals surface area (Å²) in [5.41, 5.74) is 22.6. The highest BCUT2D eigenvalue weighted by Crippen LogP contribution is 2.39. The molecule has 0 aliphatic carbocycles. The lowest BCUT2D eigenvalue weighted by Crippen LogP contribution is -2.55. The van der Waals surface area contributed by atoms with Gasteiger partial charge in [0.2, 0.25) is 0 Å². The van der Waals surface area contributed by atoms with Crippen LogP contribution in [0.4, 0.5) is 0 Å². The highest BCUT2D eigenvalue weighted by Gasteiger charge is 2.17. The first-order chi connectivity index (χ1) is 29.2. The normalized spacial score (nSPS) is 12.3. The number of nitrogens with two attached hydrogens (primary N) is 1. The Balaban J connectivity index is 1.05. The molecular formula is C51H40B5N3O. The van der Waals surface area contributed by atoms with Gasteiger partial charge in [-0.1, -0.05) is 138 Å². The summed E-state index contributed by atoms with van der Waals surface area (Å²) in [6.07, 6.45) is 0. The second-order valence-electron chi connectivity index (χ2n) is 16.0. The number of hydrogen-bond donors (Lipinski definition) is 1. The fourth-order valence-corrected chi connectivity index (χ4v) is 9.18. The maximum atomic E-state index is 6.88. The predicted molar refractivity (Wildman–Crippen MR) is 272 cm³/mol. The van der Waals surface area contributed by atoms with Crippen LogP contribution < -0.4 is 33.0 Å². The first kappa shape index (κ1) is 37.3. The number of amidine groups is 2. The van der Waals surface area contributed by atoms with Gasteiger partial charge in [0.25, 0.3) is 0 Å². The van der Waals surface area contributed by atoms with Crippen molar-refractivity contribution >= 4 is 132 Å². The number of fused-ring (bicyclic) bond motifs is 9. The lowest BCUT2D eigenvalue weighted by molar-refractivity contribution is 0.668. The molecule has 280 valence electrons. The number of nitrogens with zero attached hydrogens (tertiary/aromatic N) is 2. The van der Waals surface area contributed by atoms with Crippen molar-refractivity contribution in [3.05, 3.63) is 174 Å². The lowest BCUT2D eigenvalue weighted by atomic mass is 9.59. The van der Waals surface area contributed by atoms with Crippen LogP contribution >= 0.6 is 0 Å². The van der Waals surface area contributed by atoms with Gasteiger partial charge in [-0.15, -0.1) is 16.4 Å². The summed E-state index contributed by atoms with van der Waals surface area (Å²) >= 11 is 0. The van der Waals surface area contributed by atoms with Gasteiger partial charge >= 0.3 is 0 Å². The van der Waals surface area contributed by atoms with E-state index in [1.165, 1.54) is 65.2 Å². The molecule has 0 spiro atoms. The van der Waals surface area contributed by atoms with Crippen molar-refractivity contribution in [1.29, 1.82) is 0 Å². The first-order valence-electron chi connectivity index (χ1n) is 20.6. The van der Waals surface area contributed by atoms with E-state index in [-0.39, 0.29) is 0 Å². The molecule has 10 aromatic rings. The topological polar surface area (TPSA) is 63.9 Å². The molecule has 9 heteroatoms. The Bertz CT molecular complexity index is 3370.